The number of aryl methyl sites for hydroxylation is 1. The highest BCUT2D eigenvalue weighted by molar-refractivity contribution is 9.10. The molecule has 1 unspecified atom stereocenters. The Kier molecular flexibility index (Phi) is 7.34. The zero-order valence-corrected chi connectivity index (χ0v) is 27.1. The summed E-state index contributed by atoms with van der Waals surface area (Å²) in [4.78, 5) is 10.2. The number of hydrogen-bond acceptors (Lipinski definition) is 6. The molecule has 1 N–H and O–H groups in total. The van der Waals surface area contributed by atoms with E-state index in [1.807, 2.05) is 76.4 Å². The van der Waals surface area contributed by atoms with Crippen molar-refractivity contribution in [2.75, 3.05) is 5.01 Å². The van der Waals surface area contributed by atoms with Gasteiger partial charge in [0.1, 0.15) is 5.75 Å². The second-order valence-electron chi connectivity index (χ2n) is 11.6. The summed E-state index contributed by atoms with van der Waals surface area (Å²) in [6.45, 7) is 2.09. The highest BCUT2D eigenvalue weighted by Crippen LogP contribution is 2.41. The summed E-state index contributed by atoms with van der Waals surface area (Å²) < 4.78 is 2.95. The largest absolute Gasteiger partial charge is 0.508 e. The van der Waals surface area contributed by atoms with Crippen molar-refractivity contribution >= 4 is 38.5 Å². The first-order valence-corrected chi connectivity index (χ1v) is 16.2. The van der Waals surface area contributed by atoms with Crippen molar-refractivity contribution in [1.82, 2.24) is 19.7 Å². The first kappa shape index (κ1) is 28.8. The number of halogens is 1. The Morgan fingerprint density at radius 2 is 1.40 bits per heavy atom. The maximum Gasteiger partial charge on any atom is 0.247 e. The van der Waals surface area contributed by atoms with Gasteiger partial charge in [0.25, 0.3) is 0 Å². The Balaban J connectivity index is 1.34. The van der Waals surface area contributed by atoms with Crippen molar-refractivity contribution in [3.05, 3.63) is 155 Å². The quantitative estimate of drug-likeness (QED) is 0.190. The number of hydrazone groups is 1. The van der Waals surface area contributed by atoms with Crippen LogP contribution in [0, 0.1) is 6.92 Å². The SMILES string of the molecule is Cc1ccc(-c2nn(-c3ccccc3)cc2C2CC(c3ccc(Br)cc3)=NN2c2nc(-c3ccccc3)c3cc(O)ccc3n2)cc1. The third-order valence-corrected chi connectivity index (χ3v) is 8.98. The fraction of sp³-hybridized carbons (Fsp3) is 0.0769. The molecule has 0 amide bonds. The smallest absolute Gasteiger partial charge is 0.247 e. The Morgan fingerprint density at radius 3 is 2.15 bits per heavy atom. The lowest BCUT2D eigenvalue weighted by Gasteiger charge is -2.23. The molecule has 0 fully saturated rings. The number of nitrogens with zero attached hydrogens (tertiary/aromatic N) is 6. The Hall–Kier alpha value is -5.60. The van der Waals surface area contributed by atoms with Gasteiger partial charge in [-0.25, -0.2) is 19.7 Å². The summed E-state index contributed by atoms with van der Waals surface area (Å²) in [5.74, 6) is 0.637. The lowest BCUT2D eigenvalue weighted by Crippen LogP contribution is -2.21. The van der Waals surface area contributed by atoms with E-state index in [0.29, 0.717) is 12.4 Å². The van der Waals surface area contributed by atoms with Gasteiger partial charge in [-0.2, -0.15) is 10.2 Å². The van der Waals surface area contributed by atoms with E-state index >= 15 is 0 Å². The molecule has 0 radical (unpaired) electrons. The van der Waals surface area contributed by atoms with Crippen LogP contribution in [0.1, 0.15) is 29.2 Å². The van der Waals surface area contributed by atoms with E-state index < -0.39 is 0 Å². The Bertz CT molecular complexity index is 2250. The highest BCUT2D eigenvalue weighted by Gasteiger charge is 2.35. The molecule has 0 saturated carbocycles. The monoisotopic (exact) mass is 676 g/mol. The molecule has 5 aromatic carbocycles. The van der Waals surface area contributed by atoms with Crippen LogP contribution in [0.5, 0.6) is 5.75 Å². The highest BCUT2D eigenvalue weighted by atomic mass is 79.9. The topological polar surface area (TPSA) is 79.4 Å². The second kappa shape index (κ2) is 12.0. The predicted molar refractivity (Wildman–Crippen MR) is 191 cm³/mol. The normalized spacial score (nSPS) is 14.5. The molecule has 47 heavy (non-hydrogen) atoms. The van der Waals surface area contributed by atoms with Gasteiger partial charge >= 0.3 is 0 Å². The molecule has 7 nitrogen and oxygen atoms in total. The molecule has 3 heterocycles. The zero-order valence-electron chi connectivity index (χ0n) is 25.5. The average molecular weight is 678 g/mol. The average Bonchev–Trinajstić information content (AvgIpc) is 3.75. The van der Waals surface area contributed by atoms with Crippen LogP contribution in [0.15, 0.2) is 143 Å². The van der Waals surface area contributed by atoms with Crippen molar-refractivity contribution in [3.63, 3.8) is 0 Å². The molecule has 1 aliphatic rings. The fourth-order valence-corrected chi connectivity index (χ4v) is 6.32. The maximum atomic E-state index is 10.4. The number of phenolic OH excluding ortho intramolecular Hbond substituents is 1. The summed E-state index contributed by atoms with van der Waals surface area (Å²) in [5.41, 5.74) is 9.41. The molecule has 2 aromatic heterocycles. The zero-order chi connectivity index (χ0) is 31.9. The summed E-state index contributed by atoms with van der Waals surface area (Å²) in [7, 11) is 0. The minimum absolute atomic E-state index is 0.164. The number of anilines is 1. The standard InChI is InChI=1S/C39H29BrN6O/c1-25-12-14-28(15-13-25)38-33(24-45(44-38)30-10-6-3-7-11-30)36-23-35(26-16-18-29(40)19-17-26)43-46(36)39-41-34-21-20-31(47)22-32(34)37(42-39)27-8-4-2-5-9-27/h2-22,24,36,47H,23H2,1H3. The molecular weight excluding hydrogens is 648 g/mol. The van der Waals surface area contributed by atoms with E-state index in [2.05, 4.69) is 77.6 Å². The molecule has 8 rings (SSSR count). The molecule has 8 heteroatoms. The van der Waals surface area contributed by atoms with Crippen molar-refractivity contribution in [2.24, 2.45) is 5.10 Å². The van der Waals surface area contributed by atoms with Crippen LogP contribution < -0.4 is 5.01 Å². The predicted octanol–water partition coefficient (Wildman–Crippen LogP) is 9.28. The number of aromatic hydroxyl groups is 1. The Morgan fingerprint density at radius 1 is 0.723 bits per heavy atom. The summed E-state index contributed by atoms with van der Waals surface area (Å²) in [6, 6.07) is 41.8. The van der Waals surface area contributed by atoms with E-state index in [1.54, 1.807) is 12.1 Å². The fourth-order valence-electron chi connectivity index (χ4n) is 6.06. The van der Waals surface area contributed by atoms with Crippen molar-refractivity contribution < 1.29 is 5.11 Å². The first-order chi connectivity index (χ1) is 23.0. The number of rotatable bonds is 6. The third kappa shape index (κ3) is 5.57. The van der Waals surface area contributed by atoms with Crippen molar-refractivity contribution in [2.45, 2.75) is 19.4 Å². The minimum atomic E-state index is -0.249. The van der Waals surface area contributed by atoms with Gasteiger partial charge in [0.05, 0.1) is 34.3 Å². The third-order valence-electron chi connectivity index (χ3n) is 8.45. The lowest BCUT2D eigenvalue weighted by molar-refractivity contribution is 0.476. The Labute approximate surface area is 280 Å². The second-order valence-corrected chi connectivity index (χ2v) is 12.6. The number of fused-ring (bicyclic) bond motifs is 1. The van der Waals surface area contributed by atoms with E-state index in [1.165, 1.54) is 5.56 Å². The summed E-state index contributed by atoms with van der Waals surface area (Å²) in [5, 5.41) is 23.5. The molecule has 1 aliphatic heterocycles. The van der Waals surface area contributed by atoms with Crippen molar-refractivity contribution in [1.29, 1.82) is 0 Å². The van der Waals surface area contributed by atoms with Gasteiger partial charge in [0, 0.05) is 39.2 Å². The minimum Gasteiger partial charge on any atom is -0.508 e. The number of para-hydroxylation sites is 1. The first-order valence-electron chi connectivity index (χ1n) is 15.4. The number of hydrogen-bond donors (Lipinski definition) is 1. The molecule has 0 spiro atoms. The van der Waals surface area contributed by atoms with Crippen LogP contribution in [-0.2, 0) is 0 Å². The van der Waals surface area contributed by atoms with Crippen LogP contribution in [0.3, 0.4) is 0 Å². The van der Waals surface area contributed by atoms with Crippen LogP contribution in [0.4, 0.5) is 5.95 Å². The molecule has 0 bridgehead atoms. The number of aromatic nitrogens is 4. The lowest BCUT2D eigenvalue weighted by atomic mass is 9.96. The van der Waals surface area contributed by atoms with Crippen LogP contribution in [0.2, 0.25) is 0 Å². The van der Waals surface area contributed by atoms with Gasteiger partial charge in [-0.15, -0.1) is 0 Å². The van der Waals surface area contributed by atoms with Gasteiger partial charge in [0.2, 0.25) is 5.95 Å². The van der Waals surface area contributed by atoms with E-state index in [0.717, 1.165) is 60.4 Å². The summed E-state index contributed by atoms with van der Waals surface area (Å²) in [6.07, 6.45) is 2.73. The van der Waals surface area contributed by atoms with Crippen LogP contribution in [0.25, 0.3) is 39.1 Å². The molecule has 1 atom stereocenters. The number of benzene rings is 5. The van der Waals surface area contributed by atoms with E-state index in [4.69, 9.17) is 20.2 Å². The molecule has 228 valence electrons. The van der Waals surface area contributed by atoms with Gasteiger partial charge in [-0.1, -0.05) is 106 Å². The van der Waals surface area contributed by atoms with Gasteiger partial charge in [0.15, 0.2) is 0 Å². The maximum absolute atomic E-state index is 10.4. The van der Waals surface area contributed by atoms with Crippen LogP contribution in [-0.4, -0.2) is 30.6 Å². The summed E-state index contributed by atoms with van der Waals surface area (Å²) >= 11 is 3.58. The van der Waals surface area contributed by atoms with Crippen LogP contribution >= 0.6 is 15.9 Å². The van der Waals surface area contributed by atoms with E-state index in [-0.39, 0.29) is 11.8 Å². The van der Waals surface area contributed by atoms with Gasteiger partial charge in [-0.3, -0.25) is 0 Å². The van der Waals surface area contributed by atoms with E-state index in [9.17, 15) is 5.11 Å². The van der Waals surface area contributed by atoms with Crippen molar-refractivity contribution in [3.8, 4) is 34.0 Å². The molecule has 0 aliphatic carbocycles. The molecule has 0 saturated heterocycles. The van der Waals surface area contributed by atoms with Gasteiger partial charge in [-0.05, 0) is 55.0 Å². The molecular formula is C39H29BrN6O. The number of phenols is 1. The molecule has 7 aromatic rings. The van der Waals surface area contributed by atoms with Gasteiger partial charge < -0.3 is 5.11 Å².